The summed E-state index contributed by atoms with van der Waals surface area (Å²) in [6.07, 6.45) is 2.23. The van der Waals surface area contributed by atoms with Crippen LogP contribution in [0.25, 0.3) is 10.9 Å². The van der Waals surface area contributed by atoms with Gasteiger partial charge in [-0.15, -0.1) is 0 Å². The summed E-state index contributed by atoms with van der Waals surface area (Å²) in [6.45, 7) is 4.28. The molecule has 3 aromatic rings. The smallest absolute Gasteiger partial charge is 0.214 e. The van der Waals surface area contributed by atoms with Crippen molar-refractivity contribution >= 4 is 39.7 Å². The zero-order valence-corrected chi connectivity index (χ0v) is 15.1. The van der Waals surface area contributed by atoms with Gasteiger partial charge in [0.25, 0.3) is 0 Å². The van der Waals surface area contributed by atoms with Crippen LogP contribution < -0.4 is 20.1 Å². The zero-order valence-electron chi connectivity index (χ0n) is 14.2. The molecule has 25 heavy (non-hydrogen) atoms. The highest BCUT2D eigenvalue weighted by Crippen LogP contribution is 2.47. The third-order valence-corrected chi connectivity index (χ3v) is 6.12. The van der Waals surface area contributed by atoms with E-state index in [9.17, 15) is 0 Å². The molecule has 0 aliphatic carbocycles. The minimum Gasteiger partial charge on any atom is -0.369 e. The van der Waals surface area contributed by atoms with Crippen molar-refractivity contribution in [3.8, 4) is 0 Å². The molecular formula is C20H21N4S+. The molecule has 0 amide bonds. The van der Waals surface area contributed by atoms with Gasteiger partial charge in [0.2, 0.25) is 5.52 Å². The van der Waals surface area contributed by atoms with Gasteiger partial charge in [0.05, 0.1) is 16.8 Å². The van der Waals surface area contributed by atoms with E-state index in [0.717, 1.165) is 26.2 Å². The summed E-state index contributed by atoms with van der Waals surface area (Å²) in [5, 5.41) is 8.37. The second-order valence-electron chi connectivity index (χ2n) is 6.64. The van der Waals surface area contributed by atoms with E-state index < -0.39 is 0 Å². The van der Waals surface area contributed by atoms with Crippen LogP contribution in [0.1, 0.15) is 0 Å². The van der Waals surface area contributed by atoms with Gasteiger partial charge in [0.15, 0.2) is 6.20 Å². The molecule has 0 atom stereocenters. The lowest BCUT2D eigenvalue weighted by atomic mass is 10.1. The van der Waals surface area contributed by atoms with Crippen molar-refractivity contribution in [2.45, 2.75) is 9.79 Å². The van der Waals surface area contributed by atoms with Gasteiger partial charge >= 0.3 is 0 Å². The summed E-state index contributed by atoms with van der Waals surface area (Å²) in [5.74, 6) is 0. The van der Waals surface area contributed by atoms with Crippen molar-refractivity contribution in [2.75, 3.05) is 36.4 Å². The molecule has 2 aromatic carbocycles. The van der Waals surface area contributed by atoms with Crippen LogP contribution in [0, 0.1) is 0 Å². The van der Waals surface area contributed by atoms with Crippen molar-refractivity contribution in [2.24, 2.45) is 7.05 Å². The first-order valence-electron chi connectivity index (χ1n) is 8.75. The number of pyridine rings is 1. The summed E-state index contributed by atoms with van der Waals surface area (Å²) in [7, 11) is 2.12. The van der Waals surface area contributed by atoms with Crippen molar-refractivity contribution < 1.29 is 4.57 Å². The van der Waals surface area contributed by atoms with E-state index in [2.05, 4.69) is 75.8 Å². The second-order valence-corrected chi connectivity index (χ2v) is 7.72. The number of hydrogen-bond acceptors (Lipinski definition) is 4. The van der Waals surface area contributed by atoms with Crippen molar-refractivity contribution in [1.82, 2.24) is 5.32 Å². The Hall–Kier alpha value is -2.24. The highest BCUT2D eigenvalue weighted by atomic mass is 32.2. The average Bonchev–Trinajstić information content (AvgIpc) is 2.67. The van der Waals surface area contributed by atoms with Crippen molar-refractivity contribution in [3.05, 3.63) is 48.7 Å². The number of nitrogens with one attached hydrogen (secondary N) is 2. The molecule has 2 N–H and O–H groups in total. The van der Waals surface area contributed by atoms with Gasteiger partial charge < -0.3 is 15.5 Å². The van der Waals surface area contributed by atoms with Crippen LogP contribution >= 0.6 is 11.8 Å². The van der Waals surface area contributed by atoms with Crippen molar-refractivity contribution in [3.63, 3.8) is 0 Å². The summed E-state index contributed by atoms with van der Waals surface area (Å²) >= 11 is 1.86. The second kappa shape index (κ2) is 5.93. The monoisotopic (exact) mass is 349 g/mol. The molecule has 3 heterocycles. The lowest BCUT2D eigenvalue weighted by Gasteiger charge is -2.30. The Labute approximate surface area is 151 Å². The lowest BCUT2D eigenvalue weighted by Crippen LogP contribution is -2.43. The van der Waals surface area contributed by atoms with Crippen LogP contribution in [0.15, 0.2) is 58.5 Å². The molecule has 1 aromatic heterocycles. The van der Waals surface area contributed by atoms with Crippen LogP contribution in [-0.2, 0) is 7.05 Å². The van der Waals surface area contributed by atoms with E-state index >= 15 is 0 Å². The number of nitrogens with zero attached hydrogens (tertiary/aromatic N) is 2. The molecule has 2 aliphatic rings. The third kappa shape index (κ3) is 2.55. The predicted molar refractivity (Wildman–Crippen MR) is 104 cm³/mol. The van der Waals surface area contributed by atoms with E-state index in [4.69, 9.17) is 0 Å². The standard InChI is InChI=1S/C20H20N4S/c1-23-13-19-20(15-4-2-3-5-17(15)23)22-16-7-6-14(12-18(16)25-19)24-10-8-21-9-11-24/h2-7,12-13,21H,8-11H2,1H3/p+1. The van der Waals surface area contributed by atoms with Gasteiger partial charge in [-0.05, 0) is 24.3 Å². The number of rotatable bonds is 1. The van der Waals surface area contributed by atoms with Gasteiger partial charge in [-0.2, -0.15) is 4.57 Å². The fourth-order valence-electron chi connectivity index (χ4n) is 3.71. The summed E-state index contributed by atoms with van der Waals surface area (Å²) < 4.78 is 2.22. The molecule has 4 nitrogen and oxygen atoms in total. The lowest BCUT2D eigenvalue weighted by molar-refractivity contribution is -0.646. The quantitative estimate of drug-likeness (QED) is 0.517. The molecule has 0 saturated carbocycles. The normalized spacial score (nSPS) is 16.3. The van der Waals surface area contributed by atoms with Crippen LogP contribution in [0.4, 0.5) is 17.1 Å². The van der Waals surface area contributed by atoms with Gasteiger partial charge in [-0.1, -0.05) is 23.9 Å². The average molecular weight is 349 g/mol. The molecule has 1 fully saturated rings. The maximum atomic E-state index is 3.68. The Kier molecular flexibility index (Phi) is 3.57. The Morgan fingerprint density at radius 2 is 1.88 bits per heavy atom. The minimum atomic E-state index is 1.06. The summed E-state index contributed by atoms with van der Waals surface area (Å²) in [5.41, 5.74) is 5.00. The topological polar surface area (TPSA) is 31.2 Å². The number of benzene rings is 2. The SMILES string of the molecule is C[n+]1cc2c(c3ccccc31)Nc1ccc(N3CCNCC3)cc1S2. The molecule has 0 radical (unpaired) electrons. The molecule has 5 rings (SSSR count). The van der Waals surface area contributed by atoms with Gasteiger partial charge in [-0.3, -0.25) is 0 Å². The van der Waals surface area contributed by atoms with Gasteiger partial charge in [-0.25, -0.2) is 0 Å². The number of para-hydroxylation sites is 1. The minimum absolute atomic E-state index is 1.06. The number of anilines is 3. The largest absolute Gasteiger partial charge is 0.369 e. The molecular weight excluding hydrogens is 328 g/mol. The van der Waals surface area contributed by atoms with E-state index in [1.807, 2.05) is 11.8 Å². The summed E-state index contributed by atoms with van der Waals surface area (Å²) in [4.78, 5) is 5.05. The summed E-state index contributed by atoms with van der Waals surface area (Å²) in [6, 6.07) is 15.4. The molecule has 0 spiro atoms. The van der Waals surface area contributed by atoms with Gasteiger partial charge in [0.1, 0.15) is 11.9 Å². The van der Waals surface area contributed by atoms with Crippen LogP contribution in [0.3, 0.4) is 0 Å². The first kappa shape index (κ1) is 15.0. The van der Waals surface area contributed by atoms with E-state index in [-0.39, 0.29) is 0 Å². The first-order chi connectivity index (χ1) is 12.3. The predicted octanol–water partition coefficient (Wildman–Crippen LogP) is 3.28. The number of hydrogen-bond donors (Lipinski definition) is 2. The molecule has 1 saturated heterocycles. The highest BCUT2D eigenvalue weighted by molar-refractivity contribution is 7.99. The Morgan fingerprint density at radius 3 is 2.76 bits per heavy atom. The van der Waals surface area contributed by atoms with Gasteiger partial charge in [0, 0.05) is 42.8 Å². The van der Waals surface area contributed by atoms with Crippen LogP contribution in [0.2, 0.25) is 0 Å². The Morgan fingerprint density at radius 1 is 1.04 bits per heavy atom. The number of piperazine rings is 1. The molecule has 2 aliphatic heterocycles. The van der Waals surface area contributed by atoms with Crippen molar-refractivity contribution in [1.29, 1.82) is 0 Å². The molecule has 0 bridgehead atoms. The highest BCUT2D eigenvalue weighted by Gasteiger charge is 2.23. The van der Waals surface area contributed by atoms with E-state index in [1.54, 1.807) is 0 Å². The molecule has 0 unspecified atom stereocenters. The Balaban J connectivity index is 1.56. The number of aromatic nitrogens is 1. The fourth-order valence-corrected chi connectivity index (χ4v) is 4.83. The van der Waals surface area contributed by atoms with Crippen LogP contribution in [0.5, 0.6) is 0 Å². The molecule has 5 heteroatoms. The zero-order chi connectivity index (χ0) is 16.8. The maximum Gasteiger partial charge on any atom is 0.214 e. The first-order valence-corrected chi connectivity index (χ1v) is 9.57. The number of fused-ring (bicyclic) bond motifs is 4. The Bertz CT molecular complexity index is 963. The van der Waals surface area contributed by atoms with Crippen LogP contribution in [-0.4, -0.2) is 26.2 Å². The molecule has 126 valence electrons. The van der Waals surface area contributed by atoms with E-state index in [0.29, 0.717) is 0 Å². The maximum absolute atomic E-state index is 3.68. The third-order valence-electron chi connectivity index (χ3n) is 5.04. The fraction of sp³-hybridized carbons (Fsp3) is 0.250. The number of aryl methyl sites for hydroxylation is 1. The van der Waals surface area contributed by atoms with E-state index in [1.165, 1.54) is 37.8 Å².